The molecular weight excluding hydrogens is 816 g/mol. The van der Waals surface area contributed by atoms with Crippen molar-refractivity contribution in [1.82, 2.24) is 39.9 Å². The molecule has 5 heterocycles. The number of fused-ring (bicyclic) bond motifs is 20. The summed E-state index contributed by atoms with van der Waals surface area (Å²) >= 11 is 1.62. The second-order valence-electron chi connectivity index (χ2n) is 13.7. The van der Waals surface area contributed by atoms with Gasteiger partial charge in [0, 0.05) is 43.8 Å². The van der Waals surface area contributed by atoms with Crippen LogP contribution in [0.3, 0.4) is 0 Å². The maximum absolute atomic E-state index is 5.64. The van der Waals surface area contributed by atoms with E-state index in [2.05, 4.69) is 9.97 Å². The molecule has 61 heavy (non-hydrogen) atoms. The average Bonchev–Trinajstić information content (AvgIpc) is 4.05. The number of hydrogen-bond acceptors (Lipinski definition) is 10. The van der Waals surface area contributed by atoms with E-state index in [0.29, 0.717) is 56.9 Å². The molecule has 0 fully saturated rings. The molecule has 11 rings (SSSR count). The van der Waals surface area contributed by atoms with E-state index in [0.717, 1.165) is 66.8 Å². The molecular formula is C48H36CuN8O4. The van der Waals surface area contributed by atoms with Crippen LogP contribution in [0.25, 0.3) is 89.7 Å². The molecule has 0 unspecified atom stereocenters. The van der Waals surface area contributed by atoms with Gasteiger partial charge >= 0.3 is 131 Å². The molecule has 9 aromatic rings. The van der Waals surface area contributed by atoms with Crippen LogP contribution in [-0.4, -0.2) is 65.1 Å². The summed E-state index contributed by atoms with van der Waals surface area (Å²) in [5.74, 6) is 5.28. The van der Waals surface area contributed by atoms with Gasteiger partial charge in [-0.15, -0.1) is 0 Å². The van der Waals surface area contributed by atoms with Gasteiger partial charge in [0.25, 0.3) is 0 Å². The number of H-pyrrole nitrogens is 2. The Balaban J connectivity index is 0.000000180. The summed E-state index contributed by atoms with van der Waals surface area (Å²) in [6.07, 6.45) is 0. The number of benzene rings is 6. The fourth-order valence-corrected chi connectivity index (χ4v) is 7.81. The number of ether oxygens (including phenoxy) is 4. The Labute approximate surface area is 355 Å². The van der Waals surface area contributed by atoms with Crippen LogP contribution in [-0.2, 0) is 15.0 Å². The van der Waals surface area contributed by atoms with Gasteiger partial charge in [-0.25, -0.2) is 29.9 Å². The van der Waals surface area contributed by atoms with Crippen LogP contribution in [0.1, 0.15) is 0 Å². The van der Waals surface area contributed by atoms with Crippen molar-refractivity contribution in [3.05, 3.63) is 146 Å². The second-order valence-corrected chi connectivity index (χ2v) is 14.7. The minimum absolute atomic E-state index is 0.471. The minimum atomic E-state index is 0.471. The van der Waals surface area contributed by atoms with Crippen LogP contribution < -0.4 is 18.9 Å². The smallest absolute Gasteiger partial charge is 0.164 e. The average molecular weight is 852 g/mol. The number of nitrogens with zero attached hydrogens (tertiary/aromatic N) is 6. The molecule has 8 bridgehead atoms. The Kier molecular flexibility index (Phi) is 10.2. The van der Waals surface area contributed by atoms with E-state index in [1.165, 1.54) is 0 Å². The number of rotatable bonds is 8. The molecule has 0 saturated heterocycles. The van der Waals surface area contributed by atoms with E-state index in [9.17, 15) is 0 Å². The second kappa shape index (κ2) is 16.6. The van der Waals surface area contributed by atoms with Crippen molar-refractivity contribution in [2.75, 3.05) is 25.2 Å². The molecule has 0 spiro atoms. The van der Waals surface area contributed by atoms with Crippen LogP contribution in [0.2, 0.25) is 0 Å². The molecule has 2 aliphatic heterocycles. The van der Waals surface area contributed by atoms with Crippen LogP contribution in [0.15, 0.2) is 146 Å². The zero-order chi connectivity index (χ0) is 41.1. The molecule has 0 atom stereocenters. The molecule has 13 heteroatoms. The Morgan fingerprint density at radius 1 is 0.361 bits per heavy atom. The van der Waals surface area contributed by atoms with E-state index < -0.39 is 0 Å². The predicted molar refractivity (Wildman–Crippen MR) is 233 cm³/mol. The van der Waals surface area contributed by atoms with Gasteiger partial charge < -0.3 is 9.97 Å². The molecule has 3 aromatic heterocycles. The Morgan fingerprint density at radius 3 is 0.951 bits per heavy atom. The maximum atomic E-state index is 5.64. The van der Waals surface area contributed by atoms with Gasteiger partial charge in [-0.2, -0.15) is 0 Å². The summed E-state index contributed by atoms with van der Waals surface area (Å²) in [6, 6.07) is 47.3. The summed E-state index contributed by atoms with van der Waals surface area (Å²) in [4.78, 5) is 36.8. The number of methoxy groups -OCH3 is 2. The first kappa shape index (κ1) is 37.7. The number of aromatic amines is 2. The molecule has 6 aromatic carbocycles. The number of aromatic nitrogens is 8. The van der Waals surface area contributed by atoms with Gasteiger partial charge in [0.2, 0.25) is 0 Å². The fourth-order valence-electron chi connectivity index (χ4n) is 7.25. The molecule has 2 aliphatic rings. The molecule has 0 saturated carbocycles. The van der Waals surface area contributed by atoms with Gasteiger partial charge in [-0.05, 0) is 0 Å². The van der Waals surface area contributed by atoms with Crippen LogP contribution >= 0.6 is 0 Å². The first-order chi connectivity index (χ1) is 30.1. The van der Waals surface area contributed by atoms with Crippen LogP contribution in [0.4, 0.5) is 0 Å². The van der Waals surface area contributed by atoms with Crippen molar-refractivity contribution in [2.45, 2.75) is 0 Å². The topological polar surface area (TPSA) is 146 Å². The fraction of sp³-hybridized carbons (Fsp3) is 0.0833. The first-order valence-corrected chi connectivity index (χ1v) is 20.6. The summed E-state index contributed by atoms with van der Waals surface area (Å²) in [7, 11) is 3.25. The van der Waals surface area contributed by atoms with E-state index >= 15 is 0 Å². The Morgan fingerprint density at radius 2 is 0.639 bits per heavy atom. The molecule has 2 N–H and O–H groups in total. The van der Waals surface area contributed by atoms with Gasteiger partial charge in [0.15, 0.2) is 23.3 Å². The van der Waals surface area contributed by atoms with E-state index in [-0.39, 0.29) is 0 Å². The van der Waals surface area contributed by atoms with E-state index in [4.69, 9.17) is 48.9 Å². The Bertz CT molecular complexity index is 2890. The monoisotopic (exact) mass is 851 g/mol. The summed E-state index contributed by atoms with van der Waals surface area (Å²) in [6.45, 7) is 0. The van der Waals surface area contributed by atoms with Gasteiger partial charge in [0.1, 0.15) is 22.6 Å². The zero-order valence-corrected chi connectivity index (χ0v) is 33.8. The standard InChI is InChI=1S/C32H18N8.2C8H9O2.Cu/c1-2-10-18-17(9-1)25-33-26(18)38-28-21-13-5-6-14-22(21)30(35-28)40-32-24-16-8-7-15-23(24)31(36-32)39-29-20-12-4-3-11-19(20)27(34-29)37-25;2*1-9-7-5-3-4-6-8(7)10-2;/h1-16H,(H2,33,34,35,36,37,38,39,40);2*3-6H,1H2,2H3;. The summed E-state index contributed by atoms with van der Waals surface area (Å²) < 4.78 is 21.7. The van der Waals surface area contributed by atoms with Crippen molar-refractivity contribution >= 4 is 44.1 Å². The number of hydrogen-bond donors (Lipinski definition) is 2. The van der Waals surface area contributed by atoms with Gasteiger partial charge in [0.05, 0.1) is 0 Å². The molecule has 0 amide bonds. The normalized spacial score (nSPS) is 11.4. The van der Waals surface area contributed by atoms with Crippen molar-refractivity contribution in [2.24, 2.45) is 0 Å². The molecule has 0 radical (unpaired) electrons. The Hall–Kier alpha value is -7.60. The van der Waals surface area contributed by atoms with E-state index in [1.807, 2.05) is 146 Å². The first-order valence-electron chi connectivity index (χ1n) is 19.3. The summed E-state index contributed by atoms with van der Waals surface area (Å²) in [5, 5.41) is 3.82. The third kappa shape index (κ3) is 7.37. The van der Waals surface area contributed by atoms with Crippen molar-refractivity contribution < 1.29 is 33.9 Å². The molecule has 12 nitrogen and oxygen atoms in total. The van der Waals surface area contributed by atoms with Crippen molar-refractivity contribution in [1.29, 1.82) is 0 Å². The molecule has 0 aliphatic carbocycles. The third-order valence-electron chi connectivity index (χ3n) is 10.1. The quantitative estimate of drug-likeness (QED) is 0.112. The van der Waals surface area contributed by atoms with Crippen LogP contribution in [0, 0.1) is 0 Å². The molecule has 303 valence electrons. The largest absolute Gasteiger partial charge is 0.324 e. The van der Waals surface area contributed by atoms with Crippen molar-refractivity contribution in [3.63, 3.8) is 0 Å². The maximum Gasteiger partial charge on any atom is 0.164 e. The predicted octanol–water partition coefficient (Wildman–Crippen LogP) is 10.0. The zero-order valence-electron chi connectivity index (χ0n) is 32.9. The van der Waals surface area contributed by atoms with E-state index in [1.54, 1.807) is 29.2 Å². The minimum Gasteiger partial charge on any atom is -0.324 e. The SMILES string of the molecule is COc1ccccc1O[CH2][Cu][CH2]Oc1ccccc1OC.c1ccc2c(c1)-c1nc-2nc2[nH]c(nc3nc(nc4[nH]c(n1)c1ccccc41)-c1ccccc1-3)c1ccccc21. The number of para-hydroxylation sites is 4. The van der Waals surface area contributed by atoms with Crippen LogP contribution in [0.5, 0.6) is 23.0 Å². The van der Waals surface area contributed by atoms with Gasteiger partial charge in [-0.1, -0.05) is 97.1 Å². The number of nitrogens with one attached hydrogen (secondary N) is 2. The third-order valence-corrected chi connectivity index (χ3v) is 10.8. The van der Waals surface area contributed by atoms with Gasteiger partial charge in [-0.3, -0.25) is 0 Å². The summed E-state index contributed by atoms with van der Waals surface area (Å²) in [5.41, 5.74) is 7.39. The van der Waals surface area contributed by atoms with Crippen molar-refractivity contribution in [3.8, 4) is 68.5 Å².